The minimum Gasteiger partial charge on any atom is -0.208 e. The van der Waals surface area contributed by atoms with Crippen LogP contribution in [0.3, 0.4) is 0 Å². The van der Waals surface area contributed by atoms with Gasteiger partial charge in [-0.1, -0.05) is 152 Å². The summed E-state index contributed by atoms with van der Waals surface area (Å²) in [5, 5.41) is 5.10. The topological polar surface area (TPSA) is 38.7 Å². The molecule has 3 heterocycles. The predicted molar refractivity (Wildman–Crippen MR) is 264 cm³/mol. The van der Waals surface area contributed by atoms with E-state index in [0.717, 1.165) is 50.1 Å². The van der Waals surface area contributed by atoms with E-state index < -0.39 is 0 Å². The summed E-state index contributed by atoms with van der Waals surface area (Å²) in [6.07, 6.45) is 0. The summed E-state index contributed by atoms with van der Waals surface area (Å²) >= 11 is 3.68. The van der Waals surface area contributed by atoms with E-state index >= 15 is 0 Å². The molecule has 0 saturated heterocycles. The van der Waals surface area contributed by atoms with Crippen LogP contribution in [0.4, 0.5) is 0 Å². The van der Waals surface area contributed by atoms with E-state index in [1.165, 1.54) is 51.5 Å². The number of aromatic nitrogens is 3. The molecule has 0 radical (unpaired) electrons. The van der Waals surface area contributed by atoms with Crippen LogP contribution >= 0.6 is 22.7 Å². The Balaban J connectivity index is 1.03. The summed E-state index contributed by atoms with van der Waals surface area (Å²) in [4.78, 5) is 15.7. The smallest absolute Gasteiger partial charge is 0.164 e. The summed E-state index contributed by atoms with van der Waals surface area (Å²) in [6, 6.07) is 75.9. The van der Waals surface area contributed by atoms with Crippen LogP contribution in [0.5, 0.6) is 0 Å². The largest absolute Gasteiger partial charge is 0.208 e. The molecule has 12 aromatic rings. The van der Waals surface area contributed by atoms with Gasteiger partial charge in [0.15, 0.2) is 17.5 Å². The monoisotopic (exact) mass is 825 g/mol. The maximum atomic E-state index is 5.30. The molecule has 0 atom stereocenters. The van der Waals surface area contributed by atoms with E-state index in [-0.39, 0.29) is 0 Å². The van der Waals surface area contributed by atoms with Gasteiger partial charge in [0.1, 0.15) is 0 Å². The minimum atomic E-state index is 0.624. The van der Waals surface area contributed by atoms with Crippen molar-refractivity contribution in [3.63, 3.8) is 0 Å². The molecule has 12 rings (SSSR count). The molecule has 3 aromatic heterocycles. The van der Waals surface area contributed by atoms with Gasteiger partial charge in [0.05, 0.1) is 0 Å². The van der Waals surface area contributed by atoms with Crippen molar-refractivity contribution in [3.8, 4) is 78.7 Å². The molecule has 0 bridgehead atoms. The van der Waals surface area contributed by atoms with Crippen LogP contribution < -0.4 is 0 Å². The summed E-state index contributed by atoms with van der Waals surface area (Å²) < 4.78 is 5.16. The lowest BCUT2D eigenvalue weighted by atomic mass is 9.94. The summed E-state index contributed by atoms with van der Waals surface area (Å²) in [5.74, 6) is 1.88. The average Bonchev–Trinajstić information content (AvgIpc) is 3.92. The van der Waals surface area contributed by atoms with Crippen molar-refractivity contribution in [1.29, 1.82) is 0 Å². The molecule has 0 saturated carbocycles. The molecule has 62 heavy (non-hydrogen) atoms. The molecule has 0 aliphatic carbocycles. The van der Waals surface area contributed by atoms with Crippen LogP contribution in [0.15, 0.2) is 212 Å². The highest BCUT2D eigenvalue weighted by Gasteiger charge is 2.17. The van der Waals surface area contributed by atoms with Crippen LogP contribution in [0, 0.1) is 0 Å². The molecule has 0 N–H and O–H groups in total. The molecule has 0 fully saturated rings. The van der Waals surface area contributed by atoms with Crippen molar-refractivity contribution in [3.05, 3.63) is 212 Å². The van der Waals surface area contributed by atoms with Gasteiger partial charge in [-0.2, -0.15) is 0 Å². The van der Waals surface area contributed by atoms with Crippen LogP contribution in [-0.2, 0) is 0 Å². The number of thiophene rings is 2. The third-order valence-corrected chi connectivity index (χ3v) is 14.0. The first-order chi connectivity index (χ1) is 30.7. The lowest BCUT2D eigenvalue weighted by Gasteiger charge is -2.13. The molecular weight excluding hydrogens is 791 g/mol. The highest BCUT2D eigenvalue weighted by molar-refractivity contribution is 7.26. The fourth-order valence-electron chi connectivity index (χ4n) is 8.58. The molecule has 5 heteroatoms. The number of rotatable bonds is 7. The number of fused-ring (bicyclic) bond motifs is 6. The highest BCUT2D eigenvalue weighted by atomic mass is 32.1. The molecule has 290 valence electrons. The maximum Gasteiger partial charge on any atom is 0.164 e. The number of nitrogens with zero attached hydrogens (tertiary/aromatic N) is 3. The van der Waals surface area contributed by atoms with E-state index in [1.54, 1.807) is 0 Å². The van der Waals surface area contributed by atoms with E-state index in [9.17, 15) is 0 Å². The molecular formula is C57H35N3S2. The Morgan fingerprint density at radius 1 is 0.210 bits per heavy atom. The third-order valence-electron chi connectivity index (χ3n) is 11.7. The second kappa shape index (κ2) is 15.2. The predicted octanol–water partition coefficient (Wildman–Crippen LogP) is 16.3. The highest BCUT2D eigenvalue weighted by Crippen LogP contribution is 2.41. The molecule has 0 aliphatic rings. The molecule has 9 aromatic carbocycles. The molecule has 3 nitrogen and oxygen atoms in total. The Bertz CT molecular complexity index is 3490. The normalized spacial score (nSPS) is 11.5. The first-order valence-corrected chi connectivity index (χ1v) is 22.4. The zero-order chi connectivity index (χ0) is 41.0. The SMILES string of the molecule is c1ccc(-c2ccc(-c3cccc(-c4nc(-c5ccccc5)nc(-c5cc(-c6ccc7sc8ccccc8c7c6)cc(-c6ccc7sc8ccccc8c7c6)c5)n4)c3)cc2)cc1. The average molecular weight is 826 g/mol. The Morgan fingerprint density at radius 2 is 0.565 bits per heavy atom. The van der Waals surface area contributed by atoms with E-state index in [0.29, 0.717) is 17.5 Å². The van der Waals surface area contributed by atoms with Gasteiger partial charge in [-0.3, -0.25) is 0 Å². The fourth-order valence-corrected chi connectivity index (χ4v) is 10.7. The van der Waals surface area contributed by atoms with Gasteiger partial charge < -0.3 is 0 Å². The van der Waals surface area contributed by atoms with Gasteiger partial charge in [0.2, 0.25) is 0 Å². The first kappa shape index (κ1) is 36.3. The van der Waals surface area contributed by atoms with E-state index in [4.69, 9.17) is 15.0 Å². The Morgan fingerprint density at radius 3 is 1.15 bits per heavy atom. The van der Waals surface area contributed by atoms with Gasteiger partial charge in [0.25, 0.3) is 0 Å². The summed E-state index contributed by atoms with van der Waals surface area (Å²) in [5.41, 5.74) is 11.9. The maximum absolute atomic E-state index is 5.30. The van der Waals surface area contributed by atoms with Crippen molar-refractivity contribution in [2.45, 2.75) is 0 Å². The molecule has 0 aliphatic heterocycles. The molecule has 0 unspecified atom stereocenters. The minimum absolute atomic E-state index is 0.624. The van der Waals surface area contributed by atoms with Crippen LogP contribution in [0.2, 0.25) is 0 Å². The summed E-state index contributed by atoms with van der Waals surface area (Å²) in [7, 11) is 0. The molecule has 0 spiro atoms. The zero-order valence-corrected chi connectivity index (χ0v) is 35.0. The number of hydrogen-bond acceptors (Lipinski definition) is 5. The van der Waals surface area contributed by atoms with Gasteiger partial charge in [0, 0.05) is 57.0 Å². The Hall–Kier alpha value is -7.57. The van der Waals surface area contributed by atoms with Gasteiger partial charge in [-0.25, -0.2) is 15.0 Å². The van der Waals surface area contributed by atoms with Crippen LogP contribution in [-0.4, -0.2) is 15.0 Å². The van der Waals surface area contributed by atoms with Crippen molar-refractivity contribution in [2.75, 3.05) is 0 Å². The number of hydrogen-bond donors (Lipinski definition) is 0. The van der Waals surface area contributed by atoms with E-state index in [1.807, 2.05) is 46.9 Å². The Kier molecular flexibility index (Phi) is 8.87. The third kappa shape index (κ3) is 6.65. The van der Waals surface area contributed by atoms with E-state index in [2.05, 4.69) is 188 Å². The molecule has 0 amide bonds. The zero-order valence-electron chi connectivity index (χ0n) is 33.4. The van der Waals surface area contributed by atoms with Crippen molar-refractivity contribution >= 4 is 63.0 Å². The van der Waals surface area contributed by atoms with Gasteiger partial charge >= 0.3 is 0 Å². The van der Waals surface area contributed by atoms with Crippen LogP contribution in [0.1, 0.15) is 0 Å². The van der Waals surface area contributed by atoms with Crippen LogP contribution in [0.25, 0.3) is 119 Å². The lowest BCUT2D eigenvalue weighted by molar-refractivity contribution is 1.07. The summed E-state index contributed by atoms with van der Waals surface area (Å²) in [6.45, 7) is 0. The first-order valence-electron chi connectivity index (χ1n) is 20.7. The van der Waals surface area contributed by atoms with Gasteiger partial charge in [-0.05, 0) is 105 Å². The second-order valence-corrected chi connectivity index (χ2v) is 17.8. The fraction of sp³-hybridized carbons (Fsp3) is 0. The van der Waals surface area contributed by atoms with Crippen molar-refractivity contribution in [2.24, 2.45) is 0 Å². The number of benzene rings is 9. The quantitative estimate of drug-likeness (QED) is 0.161. The standard InChI is InChI=1S/C57H35N3S2/c1-3-12-36(13-4-1)37-22-24-38(25-23-37)40-16-11-17-43(30-40)56-58-55(39-14-5-2-6-15-39)59-57(60-56)46-32-44(41-26-28-53-49(34-41)47-18-7-9-20-51(47)61-53)31-45(33-46)42-27-29-54-50(35-42)48-19-8-10-21-52(48)62-54/h1-35H. The van der Waals surface area contributed by atoms with Gasteiger partial charge in [-0.15, -0.1) is 22.7 Å². The Labute approximate surface area is 366 Å². The van der Waals surface area contributed by atoms with Crippen molar-refractivity contribution in [1.82, 2.24) is 15.0 Å². The lowest BCUT2D eigenvalue weighted by Crippen LogP contribution is -2.00. The second-order valence-electron chi connectivity index (χ2n) is 15.6. The van der Waals surface area contributed by atoms with Crippen molar-refractivity contribution < 1.29 is 0 Å².